The molecule has 1 amide bonds. The van der Waals surface area contributed by atoms with Crippen LogP contribution in [0, 0.1) is 11.3 Å². The maximum absolute atomic E-state index is 13.1. The van der Waals surface area contributed by atoms with Crippen LogP contribution in [0.15, 0.2) is 0 Å². The van der Waals surface area contributed by atoms with E-state index in [-0.39, 0.29) is 17.4 Å². The topological polar surface area (TPSA) is 63.2 Å². The summed E-state index contributed by atoms with van der Waals surface area (Å²) in [7, 11) is -3.07. The summed E-state index contributed by atoms with van der Waals surface area (Å²) < 4.78 is 48.6. The Kier molecular flexibility index (Phi) is 3.01. The van der Waals surface area contributed by atoms with Crippen molar-refractivity contribution in [3.05, 3.63) is 0 Å². The maximum Gasteiger partial charge on any atom is 0.250 e. The van der Waals surface area contributed by atoms with Gasteiger partial charge >= 0.3 is 0 Å². The highest BCUT2D eigenvalue weighted by Crippen LogP contribution is 2.56. The van der Waals surface area contributed by atoms with Crippen LogP contribution in [-0.4, -0.2) is 37.3 Å². The maximum atomic E-state index is 13.1. The van der Waals surface area contributed by atoms with Gasteiger partial charge in [-0.2, -0.15) is 0 Å². The largest absolute Gasteiger partial charge is 0.348 e. The van der Waals surface area contributed by atoms with E-state index in [1.54, 1.807) is 20.8 Å². The molecule has 7 heteroatoms. The Balaban J connectivity index is 2.07. The second-order valence-corrected chi connectivity index (χ2v) is 8.63. The molecule has 1 saturated carbocycles. The average Bonchev–Trinajstić information content (AvgIpc) is 2.08. The van der Waals surface area contributed by atoms with Gasteiger partial charge in [0.15, 0.2) is 9.84 Å². The SMILES string of the molecule is CC(C)C1(C(=O)NC2(C)CS(=O)(=O)C2)CC(F)(F)C1. The van der Waals surface area contributed by atoms with Crippen LogP contribution in [0.2, 0.25) is 0 Å². The molecule has 0 aromatic heterocycles. The van der Waals surface area contributed by atoms with Crippen LogP contribution in [0.5, 0.6) is 0 Å². The average molecular weight is 295 g/mol. The normalized spacial score (nSPS) is 29.2. The first-order valence-corrected chi connectivity index (χ1v) is 8.13. The molecule has 2 rings (SSSR count). The number of nitrogens with one attached hydrogen (secondary N) is 1. The second kappa shape index (κ2) is 3.90. The Labute approximate surface area is 111 Å². The summed E-state index contributed by atoms with van der Waals surface area (Å²) in [6.07, 6.45) is -0.904. The van der Waals surface area contributed by atoms with Gasteiger partial charge in [0.25, 0.3) is 0 Å². The highest BCUT2D eigenvalue weighted by molar-refractivity contribution is 7.93. The van der Waals surface area contributed by atoms with Crippen LogP contribution in [0.3, 0.4) is 0 Å². The third-order valence-corrected chi connectivity index (χ3v) is 6.35. The van der Waals surface area contributed by atoms with Gasteiger partial charge in [0, 0.05) is 12.8 Å². The molecule has 0 atom stereocenters. The zero-order chi connectivity index (χ0) is 14.7. The molecule has 1 aliphatic heterocycles. The molecule has 2 aliphatic rings. The van der Waals surface area contributed by atoms with Crippen LogP contribution >= 0.6 is 0 Å². The van der Waals surface area contributed by atoms with E-state index in [9.17, 15) is 22.0 Å². The molecule has 0 unspecified atom stereocenters. The molecule has 1 saturated heterocycles. The predicted molar refractivity (Wildman–Crippen MR) is 66.7 cm³/mol. The highest BCUT2D eigenvalue weighted by atomic mass is 32.2. The number of amides is 1. The zero-order valence-electron chi connectivity index (χ0n) is 11.3. The minimum atomic E-state index is -3.07. The lowest BCUT2D eigenvalue weighted by Crippen LogP contribution is -2.68. The lowest BCUT2D eigenvalue weighted by Gasteiger charge is -2.51. The molecule has 2 fully saturated rings. The Bertz CT molecular complexity index is 493. The van der Waals surface area contributed by atoms with Gasteiger partial charge < -0.3 is 5.32 Å². The van der Waals surface area contributed by atoms with Gasteiger partial charge in [-0.05, 0) is 12.8 Å². The first-order chi connectivity index (χ1) is 8.40. The number of alkyl halides is 2. The van der Waals surface area contributed by atoms with Gasteiger partial charge in [-0.15, -0.1) is 0 Å². The molecular formula is C12H19F2NO3S. The molecule has 0 spiro atoms. The van der Waals surface area contributed by atoms with Gasteiger partial charge in [0.1, 0.15) is 0 Å². The van der Waals surface area contributed by atoms with Gasteiger partial charge in [-0.1, -0.05) is 13.8 Å². The van der Waals surface area contributed by atoms with E-state index in [2.05, 4.69) is 5.32 Å². The number of rotatable bonds is 3. The number of carbonyl (C=O) groups is 1. The van der Waals surface area contributed by atoms with Crippen molar-refractivity contribution < 1.29 is 22.0 Å². The number of hydrogen-bond acceptors (Lipinski definition) is 3. The van der Waals surface area contributed by atoms with Gasteiger partial charge in [-0.25, -0.2) is 17.2 Å². The number of hydrogen-bond donors (Lipinski definition) is 1. The number of carbonyl (C=O) groups excluding carboxylic acids is 1. The molecule has 110 valence electrons. The van der Waals surface area contributed by atoms with E-state index in [0.29, 0.717) is 0 Å². The minimum absolute atomic E-state index is 0.115. The highest BCUT2D eigenvalue weighted by Gasteiger charge is 2.63. The summed E-state index contributed by atoms with van der Waals surface area (Å²) in [6.45, 7) is 5.13. The van der Waals surface area contributed by atoms with Gasteiger partial charge in [0.2, 0.25) is 11.8 Å². The van der Waals surface area contributed by atoms with Crippen LogP contribution in [0.1, 0.15) is 33.6 Å². The molecule has 0 bridgehead atoms. The summed E-state index contributed by atoms with van der Waals surface area (Å²) in [6, 6.07) is 0. The molecule has 4 nitrogen and oxygen atoms in total. The van der Waals surface area contributed by atoms with Crippen molar-refractivity contribution in [2.45, 2.75) is 45.1 Å². The van der Waals surface area contributed by atoms with Crippen LogP contribution in [0.4, 0.5) is 8.78 Å². The summed E-state index contributed by atoms with van der Waals surface area (Å²) in [5.41, 5.74) is -1.87. The van der Waals surface area contributed by atoms with E-state index in [1.807, 2.05) is 0 Å². The van der Waals surface area contributed by atoms with Crippen LogP contribution in [-0.2, 0) is 14.6 Å². The first kappa shape index (κ1) is 14.7. The monoisotopic (exact) mass is 295 g/mol. The summed E-state index contributed by atoms with van der Waals surface area (Å²) in [5.74, 6) is -3.65. The zero-order valence-corrected chi connectivity index (χ0v) is 12.1. The van der Waals surface area contributed by atoms with E-state index in [0.717, 1.165) is 0 Å². The third kappa shape index (κ3) is 2.49. The van der Waals surface area contributed by atoms with Gasteiger partial charge in [0.05, 0.1) is 22.5 Å². The van der Waals surface area contributed by atoms with E-state index in [4.69, 9.17) is 0 Å². The fourth-order valence-electron chi connectivity index (χ4n) is 3.10. The molecular weight excluding hydrogens is 276 g/mol. The van der Waals surface area contributed by atoms with Crippen molar-refractivity contribution >= 4 is 15.7 Å². The third-order valence-electron chi connectivity index (χ3n) is 4.20. The Morgan fingerprint density at radius 2 is 1.68 bits per heavy atom. The van der Waals surface area contributed by atoms with Crippen molar-refractivity contribution in [2.24, 2.45) is 11.3 Å². The number of halogens is 2. The fourth-order valence-corrected chi connectivity index (χ4v) is 5.10. The minimum Gasteiger partial charge on any atom is -0.348 e. The van der Waals surface area contributed by atoms with Crippen molar-refractivity contribution in [3.63, 3.8) is 0 Å². The second-order valence-electron chi connectivity index (χ2n) is 6.57. The predicted octanol–water partition coefficient (Wildman–Crippen LogP) is 1.36. The molecule has 1 heterocycles. The van der Waals surface area contributed by atoms with E-state index < -0.39 is 45.5 Å². The molecule has 19 heavy (non-hydrogen) atoms. The van der Waals surface area contributed by atoms with Crippen molar-refractivity contribution in [1.82, 2.24) is 5.32 Å². The Morgan fingerprint density at radius 3 is 2.00 bits per heavy atom. The van der Waals surface area contributed by atoms with Gasteiger partial charge in [-0.3, -0.25) is 4.79 Å². The summed E-state index contributed by atoms with van der Waals surface area (Å²) >= 11 is 0. The molecule has 1 N–H and O–H groups in total. The summed E-state index contributed by atoms with van der Waals surface area (Å²) in [4.78, 5) is 12.3. The Morgan fingerprint density at radius 1 is 1.21 bits per heavy atom. The summed E-state index contributed by atoms with van der Waals surface area (Å²) in [5, 5.41) is 2.66. The smallest absolute Gasteiger partial charge is 0.250 e. The quantitative estimate of drug-likeness (QED) is 0.855. The lowest BCUT2D eigenvalue weighted by atomic mass is 9.59. The standard InChI is InChI=1S/C12H19F2NO3S/c1-8(2)11(4-12(13,14)5-11)9(16)15-10(3)6-19(17,18)7-10/h8H,4-7H2,1-3H3,(H,15,16). The van der Waals surface area contributed by atoms with Crippen molar-refractivity contribution in [1.29, 1.82) is 0 Å². The van der Waals surface area contributed by atoms with Crippen LogP contribution < -0.4 is 5.32 Å². The number of sulfone groups is 1. The molecule has 1 aliphatic carbocycles. The molecule has 0 aromatic carbocycles. The van der Waals surface area contributed by atoms with Crippen molar-refractivity contribution in [3.8, 4) is 0 Å². The van der Waals surface area contributed by atoms with E-state index >= 15 is 0 Å². The Hall–Kier alpha value is -0.720. The fraction of sp³-hybridized carbons (Fsp3) is 0.917. The van der Waals surface area contributed by atoms with Crippen molar-refractivity contribution in [2.75, 3.05) is 11.5 Å². The lowest BCUT2D eigenvalue weighted by molar-refractivity contribution is -0.191. The van der Waals surface area contributed by atoms with Crippen LogP contribution in [0.25, 0.3) is 0 Å². The first-order valence-electron chi connectivity index (χ1n) is 6.31. The molecule has 0 aromatic rings. The van der Waals surface area contributed by atoms with E-state index in [1.165, 1.54) is 0 Å². The molecule has 0 radical (unpaired) electrons.